The van der Waals surface area contributed by atoms with Crippen LogP contribution in [-0.2, 0) is 12.6 Å². The highest BCUT2D eigenvalue weighted by atomic mass is 79.9. The van der Waals surface area contributed by atoms with Crippen molar-refractivity contribution in [1.82, 2.24) is 5.43 Å². The summed E-state index contributed by atoms with van der Waals surface area (Å²) in [5, 5.41) is 1.92. The van der Waals surface area contributed by atoms with E-state index in [1.165, 1.54) is 17.4 Å². The first-order valence-corrected chi connectivity index (χ1v) is 7.43. The third-order valence-electron chi connectivity index (χ3n) is 2.89. The lowest BCUT2D eigenvalue weighted by Gasteiger charge is -2.16. The Balaban J connectivity index is 2.20. The molecule has 0 radical (unpaired) electrons. The van der Waals surface area contributed by atoms with Crippen LogP contribution in [0.25, 0.3) is 0 Å². The Hall–Kier alpha value is -0.890. The lowest BCUT2D eigenvalue weighted by atomic mass is 10.00. The van der Waals surface area contributed by atoms with Crippen molar-refractivity contribution in [3.63, 3.8) is 0 Å². The fourth-order valence-electron chi connectivity index (χ4n) is 1.89. The quantitative estimate of drug-likeness (QED) is 0.627. The van der Waals surface area contributed by atoms with Crippen LogP contribution in [0.2, 0.25) is 0 Å². The standard InChI is InChI=1S/C13H12BrF3N2S/c14-12-6-9(7-20-12)11(19-18)5-8-2-1-3-10(4-8)13(15,16)17/h1-4,6-7,11,19H,5,18H2. The number of rotatable bonds is 4. The summed E-state index contributed by atoms with van der Waals surface area (Å²) in [7, 11) is 0. The highest BCUT2D eigenvalue weighted by Crippen LogP contribution is 2.31. The van der Waals surface area contributed by atoms with Crippen LogP contribution in [0.15, 0.2) is 39.5 Å². The smallest absolute Gasteiger partial charge is 0.271 e. The summed E-state index contributed by atoms with van der Waals surface area (Å²) in [6, 6.07) is 6.99. The molecule has 1 unspecified atom stereocenters. The predicted octanol–water partition coefficient (Wildman–Crippen LogP) is 4.28. The van der Waals surface area contributed by atoms with Crippen LogP contribution in [0, 0.1) is 0 Å². The van der Waals surface area contributed by atoms with Crippen molar-refractivity contribution in [2.24, 2.45) is 5.84 Å². The molecule has 1 heterocycles. The van der Waals surface area contributed by atoms with E-state index in [2.05, 4.69) is 21.4 Å². The number of benzene rings is 1. The van der Waals surface area contributed by atoms with E-state index in [1.807, 2.05) is 11.4 Å². The van der Waals surface area contributed by atoms with Gasteiger partial charge in [-0.15, -0.1) is 11.3 Å². The van der Waals surface area contributed by atoms with Crippen LogP contribution in [0.3, 0.4) is 0 Å². The third-order valence-corrected chi connectivity index (χ3v) is 4.41. The van der Waals surface area contributed by atoms with Gasteiger partial charge in [0.15, 0.2) is 0 Å². The maximum absolute atomic E-state index is 12.7. The molecule has 1 atom stereocenters. The third kappa shape index (κ3) is 3.82. The van der Waals surface area contributed by atoms with Gasteiger partial charge < -0.3 is 0 Å². The molecule has 0 saturated heterocycles. The van der Waals surface area contributed by atoms with E-state index in [9.17, 15) is 13.2 Å². The topological polar surface area (TPSA) is 38.0 Å². The second kappa shape index (κ2) is 6.26. The van der Waals surface area contributed by atoms with Gasteiger partial charge in [-0.3, -0.25) is 11.3 Å². The van der Waals surface area contributed by atoms with Gasteiger partial charge >= 0.3 is 6.18 Å². The molecule has 0 fully saturated rings. The van der Waals surface area contributed by atoms with E-state index in [0.29, 0.717) is 12.0 Å². The highest BCUT2D eigenvalue weighted by molar-refractivity contribution is 9.11. The van der Waals surface area contributed by atoms with E-state index in [4.69, 9.17) is 5.84 Å². The number of halogens is 4. The second-order valence-corrected chi connectivity index (χ2v) is 6.60. The molecule has 0 saturated carbocycles. The summed E-state index contributed by atoms with van der Waals surface area (Å²) in [5.74, 6) is 5.50. The first-order valence-electron chi connectivity index (χ1n) is 5.76. The minimum absolute atomic E-state index is 0.221. The van der Waals surface area contributed by atoms with Crippen molar-refractivity contribution in [3.05, 3.63) is 56.2 Å². The van der Waals surface area contributed by atoms with Crippen molar-refractivity contribution < 1.29 is 13.2 Å². The van der Waals surface area contributed by atoms with E-state index in [-0.39, 0.29) is 6.04 Å². The van der Waals surface area contributed by atoms with E-state index >= 15 is 0 Å². The Kier molecular flexibility index (Phi) is 4.85. The van der Waals surface area contributed by atoms with Gasteiger partial charge in [-0.2, -0.15) is 13.2 Å². The summed E-state index contributed by atoms with van der Waals surface area (Å²) < 4.78 is 39.0. The second-order valence-electron chi connectivity index (χ2n) is 4.31. The number of nitrogens with one attached hydrogen (secondary N) is 1. The monoisotopic (exact) mass is 364 g/mol. The molecule has 0 amide bonds. The zero-order valence-electron chi connectivity index (χ0n) is 10.2. The molecule has 0 spiro atoms. The SMILES string of the molecule is NNC(Cc1cccc(C(F)(F)F)c1)c1csc(Br)c1. The van der Waals surface area contributed by atoms with Gasteiger partial charge in [-0.05, 0) is 51.0 Å². The molecule has 1 aromatic heterocycles. The molecule has 2 aromatic rings. The maximum Gasteiger partial charge on any atom is 0.416 e. The molecule has 2 nitrogen and oxygen atoms in total. The van der Waals surface area contributed by atoms with Crippen molar-refractivity contribution in [2.45, 2.75) is 18.6 Å². The fourth-order valence-corrected chi connectivity index (χ4v) is 3.12. The molecule has 0 aliphatic heterocycles. The predicted molar refractivity (Wildman–Crippen MR) is 77.2 cm³/mol. The van der Waals surface area contributed by atoms with Crippen LogP contribution in [0.4, 0.5) is 13.2 Å². The molecule has 0 aliphatic carbocycles. The summed E-state index contributed by atoms with van der Waals surface area (Å²) >= 11 is 4.86. The highest BCUT2D eigenvalue weighted by Gasteiger charge is 2.30. The van der Waals surface area contributed by atoms with Gasteiger partial charge in [0.25, 0.3) is 0 Å². The van der Waals surface area contributed by atoms with Gasteiger partial charge in [-0.25, -0.2) is 0 Å². The molecular weight excluding hydrogens is 353 g/mol. The van der Waals surface area contributed by atoms with E-state index in [1.54, 1.807) is 6.07 Å². The lowest BCUT2D eigenvalue weighted by molar-refractivity contribution is -0.137. The molecule has 108 valence electrons. The molecule has 7 heteroatoms. The molecule has 20 heavy (non-hydrogen) atoms. The molecular formula is C13H12BrF3N2S. The van der Waals surface area contributed by atoms with Crippen molar-refractivity contribution in [1.29, 1.82) is 0 Å². The normalized spacial score (nSPS) is 13.4. The summed E-state index contributed by atoms with van der Waals surface area (Å²) in [5.41, 5.74) is 3.54. The van der Waals surface area contributed by atoms with Crippen LogP contribution >= 0.6 is 27.3 Å². The number of thiophene rings is 1. The van der Waals surface area contributed by atoms with Gasteiger partial charge in [0.2, 0.25) is 0 Å². The molecule has 0 bridgehead atoms. The Bertz CT molecular complexity index is 583. The Morgan fingerprint density at radius 2 is 2.05 bits per heavy atom. The van der Waals surface area contributed by atoms with Gasteiger partial charge in [0.05, 0.1) is 15.4 Å². The van der Waals surface area contributed by atoms with Crippen LogP contribution < -0.4 is 11.3 Å². The average Bonchev–Trinajstić information content (AvgIpc) is 2.82. The molecule has 3 N–H and O–H groups in total. The van der Waals surface area contributed by atoms with Crippen molar-refractivity contribution in [3.8, 4) is 0 Å². The maximum atomic E-state index is 12.7. The zero-order chi connectivity index (χ0) is 14.8. The summed E-state index contributed by atoms with van der Waals surface area (Å²) in [6.45, 7) is 0. The first kappa shape index (κ1) is 15.5. The van der Waals surface area contributed by atoms with Crippen molar-refractivity contribution >= 4 is 27.3 Å². The number of nitrogens with two attached hydrogens (primary N) is 1. The van der Waals surface area contributed by atoms with Crippen molar-refractivity contribution in [2.75, 3.05) is 0 Å². The minimum Gasteiger partial charge on any atom is -0.271 e. The van der Waals surface area contributed by atoms with E-state index in [0.717, 1.165) is 21.5 Å². The van der Waals surface area contributed by atoms with Crippen LogP contribution in [0.1, 0.15) is 22.7 Å². The van der Waals surface area contributed by atoms with Gasteiger partial charge in [0.1, 0.15) is 0 Å². The Labute approximate surface area is 126 Å². The Morgan fingerprint density at radius 3 is 2.60 bits per heavy atom. The van der Waals surface area contributed by atoms with Gasteiger partial charge in [-0.1, -0.05) is 18.2 Å². The Morgan fingerprint density at radius 1 is 1.30 bits per heavy atom. The average molecular weight is 365 g/mol. The molecule has 2 rings (SSSR count). The number of alkyl halides is 3. The molecule has 0 aliphatic rings. The number of hydrogen-bond donors (Lipinski definition) is 2. The summed E-state index contributed by atoms with van der Waals surface area (Å²) in [4.78, 5) is 0. The minimum atomic E-state index is -4.33. The number of hydrogen-bond acceptors (Lipinski definition) is 3. The molecule has 1 aromatic carbocycles. The first-order chi connectivity index (χ1) is 9.40. The lowest BCUT2D eigenvalue weighted by Crippen LogP contribution is -2.29. The largest absolute Gasteiger partial charge is 0.416 e. The van der Waals surface area contributed by atoms with Crippen LogP contribution in [-0.4, -0.2) is 0 Å². The van der Waals surface area contributed by atoms with Gasteiger partial charge in [0, 0.05) is 0 Å². The fraction of sp³-hybridized carbons (Fsp3) is 0.231. The summed E-state index contributed by atoms with van der Waals surface area (Å²) in [6.07, 6.45) is -3.93. The van der Waals surface area contributed by atoms with E-state index < -0.39 is 11.7 Å². The van der Waals surface area contributed by atoms with Crippen LogP contribution in [0.5, 0.6) is 0 Å². The zero-order valence-corrected chi connectivity index (χ0v) is 12.6. The number of hydrazine groups is 1.